The number of amides is 1. The number of rotatable bonds is 7. The van der Waals surface area contributed by atoms with E-state index in [2.05, 4.69) is 10.1 Å². The first kappa shape index (κ1) is 23.2. The number of carbonyl (C=O) groups excluding carboxylic acids is 2. The maximum atomic E-state index is 13.6. The van der Waals surface area contributed by atoms with E-state index >= 15 is 0 Å². The fourth-order valence-corrected chi connectivity index (χ4v) is 4.46. The van der Waals surface area contributed by atoms with Crippen molar-refractivity contribution in [2.24, 2.45) is 0 Å². The molecule has 0 atom stereocenters. The number of methoxy groups -OCH3 is 1. The fraction of sp³-hybridized carbons (Fsp3) is 0.0909. The summed E-state index contributed by atoms with van der Waals surface area (Å²) in [7, 11) is -2.95. The first-order valence-corrected chi connectivity index (χ1v) is 11.1. The van der Waals surface area contributed by atoms with Gasteiger partial charge in [-0.3, -0.25) is 9.10 Å². The second-order valence-electron chi connectivity index (χ2n) is 6.54. The summed E-state index contributed by atoms with van der Waals surface area (Å²) in [6.45, 7) is -0.623. The van der Waals surface area contributed by atoms with Crippen LogP contribution in [0.25, 0.3) is 0 Å². The minimum atomic E-state index is -4.18. The van der Waals surface area contributed by atoms with Crippen molar-refractivity contribution in [3.05, 3.63) is 89.2 Å². The molecule has 0 aliphatic carbocycles. The van der Waals surface area contributed by atoms with Crippen LogP contribution in [0.5, 0.6) is 0 Å². The van der Waals surface area contributed by atoms with Crippen LogP contribution in [0.2, 0.25) is 5.02 Å². The quantitative estimate of drug-likeness (QED) is 0.518. The van der Waals surface area contributed by atoms with Crippen LogP contribution in [0.15, 0.2) is 77.7 Å². The number of esters is 1. The average Bonchev–Trinajstić information content (AvgIpc) is 2.79. The van der Waals surface area contributed by atoms with Gasteiger partial charge in [0.05, 0.1) is 28.3 Å². The monoisotopic (exact) mass is 476 g/mol. The summed E-state index contributed by atoms with van der Waals surface area (Å²) in [5.41, 5.74) is 0.496. The summed E-state index contributed by atoms with van der Waals surface area (Å²) in [6, 6.07) is 16.8. The zero-order chi connectivity index (χ0) is 23.3. The topological polar surface area (TPSA) is 92.8 Å². The predicted octanol–water partition coefficient (Wildman–Crippen LogP) is 4.10. The van der Waals surface area contributed by atoms with E-state index in [0.29, 0.717) is 0 Å². The first-order chi connectivity index (χ1) is 15.2. The summed E-state index contributed by atoms with van der Waals surface area (Å²) in [5.74, 6) is -2.00. The van der Waals surface area contributed by atoms with Crippen molar-refractivity contribution in [2.75, 3.05) is 23.3 Å². The van der Waals surface area contributed by atoms with Crippen molar-refractivity contribution in [3.8, 4) is 0 Å². The molecule has 1 N–H and O–H groups in total. The molecule has 0 unspecified atom stereocenters. The zero-order valence-electron chi connectivity index (χ0n) is 16.8. The molecule has 0 heterocycles. The smallest absolute Gasteiger partial charge is 0.337 e. The van der Waals surface area contributed by atoms with Crippen LogP contribution in [0.1, 0.15) is 10.4 Å². The van der Waals surface area contributed by atoms with E-state index in [1.54, 1.807) is 24.3 Å². The number of sulfonamides is 1. The molecule has 3 aromatic carbocycles. The van der Waals surface area contributed by atoms with E-state index in [4.69, 9.17) is 11.6 Å². The van der Waals surface area contributed by atoms with Gasteiger partial charge in [-0.15, -0.1) is 0 Å². The lowest BCUT2D eigenvalue weighted by molar-refractivity contribution is -0.114. The molecule has 1 amide bonds. The largest absolute Gasteiger partial charge is 0.465 e. The molecule has 0 saturated heterocycles. The number of hydrogen-bond acceptors (Lipinski definition) is 5. The molecule has 166 valence electrons. The molecule has 0 spiro atoms. The molecule has 0 radical (unpaired) electrons. The Morgan fingerprint density at radius 2 is 1.75 bits per heavy atom. The van der Waals surface area contributed by atoms with Gasteiger partial charge in [-0.25, -0.2) is 17.6 Å². The summed E-state index contributed by atoms with van der Waals surface area (Å²) in [4.78, 5) is 24.4. The van der Waals surface area contributed by atoms with Crippen molar-refractivity contribution in [3.63, 3.8) is 0 Å². The molecular formula is C22H18ClFN2O5S. The minimum Gasteiger partial charge on any atom is -0.465 e. The molecular weight excluding hydrogens is 459 g/mol. The highest BCUT2D eigenvalue weighted by Crippen LogP contribution is 2.27. The van der Waals surface area contributed by atoms with Gasteiger partial charge in [-0.1, -0.05) is 35.9 Å². The van der Waals surface area contributed by atoms with Gasteiger partial charge >= 0.3 is 5.97 Å². The lowest BCUT2D eigenvalue weighted by atomic mass is 10.2. The van der Waals surface area contributed by atoms with Gasteiger partial charge in [0.15, 0.2) is 0 Å². The van der Waals surface area contributed by atoms with Gasteiger partial charge in [0.1, 0.15) is 12.4 Å². The number of ether oxygens (including phenoxy) is 1. The third-order valence-electron chi connectivity index (χ3n) is 4.38. The lowest BCUT2D eigenvalue weighted by Crippen LogP contribution is -2.38. The number of benzene rings is 3. The predicted molar refractivity (Wildman–Crippen MR) is 119 cm³/mol. The van der Waals surface area contributed by atoms with Crippen molar-refractivity contribution < 1.29 is 27.1 Å². The number of halogens is 2. The van der Waals surface area contributed by atoms with Gasteiger partial charge < -0.3 is 10.1 Å². The summed E-state index contributed by atoms with van der Waals surface area (Å²) >= 11 is 5.84. The van der Waals surface area contributed by atoms with Gasteiger partial charge in [0.25, 0.3) is 10.0 Å². The standard InChI is InChI=1S/C22H18ClFN2O5S/c1-31-22(28)15-6-5-7-16(12-15)25-21(27)14-26(17-10-11-20(24)19(23)13-17)32(29,30)18-8-3-2-4-9-18/h2-13H,14H2,1H3,(H,25,27). The van der Waals surface area contributed by atoms with Gasteiger partial charge in [-0.2, -0.15) is 0 Å². The van der Waals surface area contributed by atoms with Crippen LogP contribution in [-0.4, -0.2) is 33.9 Å². The molecule has 32 heavy (non-hydrogen) atoms. The number of anilines is 2. The summed E-state index contributed by atoms with van der Waals surface area (Å²) in [5, 5.41) is 2.26. The van der Waals surface area contributed by atoms with Crippen LogP contribution in [0.3, 0.4) is 0 Å². The van der Waals surface area contributed by atoms with E-state index in [1.165, 1.54) is 43.5 Å². The van der Waals surface area contributed by atoms with Crippen molar-refractivity contribution >= 4 is 44.9 Å². The summed E-state index contributed by atoms with van der Waals surface area (Å²) < 4.78 is 45.6. The minimum absolute atomic E-state index is 0.0127. The average molecular weight is 477 g/mol. The molecule has 0 fully saturated rings. The highest BCUT2D eigenvalue weighted by Gasteiger charge is 2.27. The van der Waals surface area contributed by atoms with Crippen LogP contribution >= 0.6 is 11.6 Å². The Hall–Kier alpha value is -3.43. The normalized spacial score (nSPS) is 11.0. The molecule has 0 bridgehead atoms. The Labute approximate surface area is 189 Å². The van der Waals surface area contributed by atoms with E-state index in [0.717, 1.165) is 16.4 Å². The Morgan fingerprint density at radius 3 is 2.41 bits per heavy atom. The SMILES string of the molecule is COC(=O)c1cccc(NC(=O)CN(c2ccc(F)c(Cl)c2)S(=O)(=O)c2ccccc2)c1. The van der Waals surface area contributed by atoms with E-state index in [9.17, 15) is 22.4 Å². The van der Waals surface area contributed by atoms with Gasteiger partial charge in [0.2, 0.25) is 5.91 Å². The van der Waals surface area contributed by atoms with Crippen LogP contribution < -0.4 is 9.62 Å². The Bertz CT molecular complexity index is 1250. The van der Waals surface area contributed by atoms with Crippen LogP contribution in [0.4, 0.5) is 15.8 Å². The fourth-order valence-electron chi connectivity index (χ4n) is 2.85. The maximum Gasteiger partial charge on any atom is 0.337 e. The van der Waals surface area contributed by atoms with Gasteiger partial charge in [0, 0.05) is 5.69 Å². The zero-order valence-corrected chi connectivity index (χ0v) is 18.4. The third kappa shape index (κ3) is 5.24. The van der Waals surface area contributed by atoms with Crippen LogP contribution in [-0.2, 0) is 19.6 Å². The Balaban J connectivity index is 1.93. The molecule has 0 saturated carbocycles. The molecule has 0 aliphatic rings. The maximum absolute atomic E-state index is 13.6. The molecule has 0 aromatic heterocycles. The summed E-state index contributed by atoms with van der Waals surface area (Å²) in [6.07, 6.45) is 0. The number of nitrogens with zero attached hydrogens (tertiary/aromatic N) is 1. The molecule has 10 heteroatoms. The van der Waals surface area contributed by atoms with Crippen LogP contribution in [0, 0.1) is 5.82 Å². The highest BCUT2D eigenvalue weighted by molar-refractivity contribution is 7.92. The van der Waals surface area contributed by atoms with E-state index in [1.807, 2.05) is 0 Å². The number of carbonyl (C=O) groups is 2. The van der Waals surface area contributed by atoms with Crippen molar-refractivity contribution in [2.45, 2.75) is 4.90 Å². The number of nitrogens with one attached hydrogen (secondary N) is 1. The molecule has 3 aromatic rings. The second kappa shape index (κ2) is 9.80. The highest BCUT2D eigenvalue weighted by atomic mass is 35.5. The lowest BCUT2D eigenvalue weighted by Gasteiger charge is -2.24. The molecule has 3 rings (SSSR count). The first-order valence-electron chi connectivity index (χ1n) is 9.23. The number of hydrogen-bond donors (Lipinski definition) is 1. The van der Waals surface area contributed by atoms with Crippen molar-refractivity contribution in [1.82, 2.24) is 0 Å². The second-order valence-corrected chi connectivity index (χ2v) is 8.81. The van der Waals surface area contributed by atoms with Gasteiger partial charge in [-0.05, 0) is 48.5 Å². The van der Waals surface area contributed by atoms with E-state index < -0.39 is 34.3 Å². The Morgan fingerprint density at radius 1 is 1.03 bits per heavy atom. The van der Waals surface area contributed by atoms with E-state index in [-0.39, 0.29) is 26.9 Å². The van der Waals surface area contributed by atoms with Crippen molar-refractivity contribution in [1.29, 1.82) is 0 Å². The Kier molecular flexibility index (Phi) is 7.12. The molecule has 0 aliphatic heterocycles. The third-order valence-corrected chi connectivity index (χ3v) is 6.45. The molecule has 7 nitrogen and oxygen atoms in total.